The Hall–Kier alpha value is -3.44. The van der Waals surface area contributed by atoms with E-state index in [2.05, 4.69) is 20.5 Å². The van der Waals surface area contributed by atoms with E-state index in [0.29, 0.717) is 20.8 Å². The predicted molar refractivity (Wildman–Crippen MR) is 108 cm³/mol. The molecule has 2 aromatic heterocycles. The van der Waals surface area contributed by atoms with Crippen molar-refractivity contribution in [2.24, 2.45) is 0 Å². The van der Waals surface area contributed by atoms with Crippen LogP contribution < -0.4 is 11.1 Å². The Bertz CT molecular complexity index is 1190. The number of nitrogens with one attached hydrogen (secondary N) is 1. The number of nitro benzene ring substituents is 1. The van der Waals surface area contributed by atoms with E-state index in [9.17, 15) is 14.9 Å². The number of anilines is 2. The van der Waals surface area contributed by atoms with Crippen LogP contribution in [0.4, 0.5) is 16.0 Å². The molecular formula is C17H12N6O3S2. The predicted octanol–water partition coefficient (Wildman–Crippen LogP) is 3.49. The number of nitrogens with zero attached hydrogens (tertiary/aromatic N) is 4. The Morgan fingerprint density at radius 1 is 1.14 bits per heavy atom. The summed E-state index contributed by atoms with van der Waals surface area (Å²) in [6.45, 7) is 0. The minimum Gasteiger partial charge on any atom is -0.375 e. The van der Waals surface area contributed by atoms with Gasteiger partial charge in [0.15, 0.2) is 5.13 Å². The first-order chi connectivity index (χ1) is 13.5. The molecule has 0 fully saturated rings. The summed E-state index contributed by atoms with van der Waals surface area (Å²) in [6, 6.07) is 11.6. The molecule has 3 N–H and O–H groups in total. The first kappa shape index (κ1) is 17.9. The molecular weight excluding hydrogens is 400 g/mol. The normalized spacial score (nSPS) is 10.9. The summed E-state index contributed by atoms with van der Waals surface area (Å²) in [6.07, 6.45) is 0.181. The van der Waals surface area contributed by atoms with Gasteiger partial charge in [-0.25, -0.2) is 4.98 Å². The van der Waals surface area contributed by atoms with E-state index in [0.717, 1.165) is 15.8 Å². The van der Waals surface area contributed by atoms with Crippen LogP contribution >= 0.6 is 22.7 Å². The fraction of sp³-hybridized carbons (Fsp3) is 0.0588. The molecule has 11 heteroatoms. The van der Waals surface area contributed by atoms with Crippen molar-refractivity contribution in [3.8, 4) is 10.6 Å². The third-order valence-corrected chi connectivity index (χ3v) is 5.57. The van der Waals surface area contributed by atoms with E-state index in [4.69, 9.17) is 5.73 Å². The van der Waals surface area contributed by atoms with Gasteiger partial charge in [0.2, 0.25) is 11.0 Å². The lowest BCUT2D eigenvalue weighted by Crippen LogP contribution is -2.14. The number of non-ortho nitro benzene ring substituents is 1. The van der Waals surface area contributed by atoms with Gasteiger partial charge in [-0.05, 0) is 29.8 Å². The number of thiazole rings is 1. The average molecular weight is 412 g/mol. The van der Waals surface area contributed by atoms with Crippen molar-refractivity contribution < 1.29 is 9.72 Å². The summed E-state index contributed by atoms with van der Waals surface area (Å²) in [4.78, 5) is 26.8. The van der Waals surface area contributed by atoms with Gasteiger partial charge in [-0.1, -0.05) is 28.7 Å². The van der Waals surface area contributed by atoms with Gasteiger partial charge in [0.1, 0.15) is 5.01 Å². The first-order valence-corrected chi connectivity index (χ1v) is 9.64. The van der Waals surface area contributed by atoms with Gasteiger partial charge in [-0.15, -0.1) is 10.2 Å². The number of benzene rings is 2. The van der Waals surface area contributed by atoms with E-state index < -0.39 is 4.92 Å². The second-order valence-corrected chi connectivity index (χ2v) is 7.84. The summed E-state index contributed by atoms with van der Waals surface area (Å²) >= 11 is 2.57. The average Bonchev–Trinajstić information content (AvgIpc) is 3.27. The fourth-order valence-corrected chi connectivity index (χ4v) is 4.12. The summed E-state index contributed by atoms with van der Waals surface area (Å²) in [7, 11) is 0. The molecule has 2 heterocycles. The monoisotopic (exact) mass is 412 g/mol. The third kappa shape index (κ3) is 3.80. The van der Waals surface area contributed by atoms with Crippen molar-refractivity contribution in [2.75, 3.05) is 11.1 Å². The van der Waals surface area contributed by atoms with Gasteiger partial charge >= 0.3 is 0 Å². The molecule has 0 saturated heterocycles. The number of carbonyl (C=O) groups is 1. The standard InChI is InChI=1S/C17H12N6O3S2/c18-16-19-12-6-1-9(7-13(12)27-16)8-14(24)20-17-22-21-15(28-17)10-2-4-11(5-3-10)23(25)26/h1-7H,8H2,(H2,18,19)(H,20,22,24). The van der Waals surface area contributed by atoms with Crippen molar-refractivity contribution >= 4 is 54.7 Å². The molecule has 0 aliphatic rings. The Morgan fingerprint density at radius 3 is 2.68 bits per heavy atom. The number of nitrogens with two attached hydrogens (primary N) is 1. The molecule has 0 radical (unpaired) electrons. The second kappa shape index (κ2) is 7.29. The lowest BCUT2D eigenvalue weighted by atomic mass is 10.1. The molecule has 9 nitrogen and oxygen atoms in total. The molecule has 140 valence electrons. The highest BCUT2D eigenvalue weighted by atomic mass is 32.1. The molecule has 0 bridgehead atoms. The summed E-state index contributed by atoms with van der Waals surface area (Å²) in [5, 5.41) is 22.9. The number of hydrogen-bond donors (Lipinski definition) is 2. The lowest BCUT2D eigenvalue weighted by molar-refractivity contribution is -0.384. The van der Waals surface area contributed by atoms with Crippen LogP contribution in [0.1, 0.15) is 5.56 Å². The molecule has 0 unspecified atom stereocenters. The number of carbonyl (C=O) groups excluding carboxylic acids is 1. The largest absolute Gasteiger partial charge is 0.375 e. The van der Waals surface area contributed by atoms with Crippen LogP contribution in [0.2, 0.25) is 0 Å². The van der Waals surface area contributed by atoms with Crippen LogP contribution in [0.3, 0.4) is 0 Å². The highest BCUT2D eigenvalue weighted by molar-refractivity contribution is 7.22. The molecule has 0 aliphatic heterocycles. The molecule has 0 aliphatic carbocycles. The topological polar surface area (TPSA) is 137 Å². The number of hydrogen-bond acceptors (Lipinski definition) is 9. The lowest BCUT2D eigenvalue weighted by Gasteiger charge is -2.01. The van der Waals surface area contributed by atoms with Gasteiger partial charge < -0.3 is 11.1 Å². The van der Waals surface area contributed by atoms with Crippen molar-refractivity contribution in [1.29, 1.82) is 0 Å². The highest BCUT2D eigenvalue weighted by Crippen LogP contribution is 2.28. The van der Waals surface area contributed by atoms with Crippen LogP contribution in [0.25, 0.3) is 20.8 Å². The molecule has 1 amide bonds. The van der Waals surface area contributed by atoms with Gasteiger partial charge in [0.25, 0.3) is 5.69 Å². The van der Waals surface area contributed by atoms with Crippen molar-refractivity contribution in [1.82, 2.24) is 15.2 Å². The fourth-order valence-electron chi connectivity index (χ4n) is 2.56. The number of nitro groups is 1. The van der Waals surface area contributed by atoms with E-state index in [1.165, 1.54) is 34.8 Å². The molecule has 4 aromatic rings. The van der Waals surface area contributed by atoms with Crippen LogP contribution in [0.5, 0.6) is 0 Å². The number of fused-ring (bicyclic) bond motifs is 1. The Labute approximate surface area is 166 Å². The van der Waals surface area contributed by atoms with Crippen molar-refractivity contribution in [2.45, 2.75) is 6.42 Å². The molecule has 0 saturated carbocycles. The van der Waals surface area contributed by atoms with Crippen LogP contribution in [-0.2, 0) is 11.2 Å². The van der Waals surface area contributed by atoms with Crippen LogP contribution in [0.15, 0.2) is 42.5 Å². The zero-order chi connectivity index (χ0) is 19.7. The summed E-state index contributed by atoms with van der Waals surface area (Å²) < 4.78 is 0.930. The molecule has 4 rings (SSSR count). The maximum Gasteiger partial charge on any atom is 0.269 e. The minimum absolute atomic E-state index is 0.00135. The molecule has 2 aromatic carbocycles. The first-order valence-electron chi connectivity index (χ1n) is 8.01. The minimum atomic E-state index is -0.465. The summed E-state index contributed by atoms with van der Waals surface area (Å²) in [5.41, 5.74) is 8.04. The quantitative estimate of drug-likeness (QED) is 0.378. The van der Waals surface area contributed by atoms with Gasteiger partial charge in [0, 0.05) is 17.7 Å². The molecule has 28 heavy (non-hydrogen) atoms. The maximum absolute atomic E-state index is 12.3. The number of rotatable bonds is 5. The van der Waals surface area contributed by atoms with Gasteiger partial charge in [-0.3, -0.25) is 14.9 Å². The van der Waals surface area contributed by atoms with Crippen molar-refractivity contribution in [3.05, 3.63) is 58.1 Å². The van der Waals surface area contributed by atoms with E-state index in [-0.39, 0.29) is 18.0 Å². The van der Waals surface area contributed by atoms with Crippen molar-refractivity contribution in [3.63, 3.8) is 0 Å². The van der Waals surface area contributed by atoms with Gasteiger partial charge in [-0.2, -0.15) is 0 Å². The smallest absolute Gasteiger partial charge is 0.269 e. The third-order valence-electron chi connectivity index (χ3n) is 3.83. The zero-order valence-electron chi connectivity index (χ0n) is 14.2. The Morgan fingerprint density at radius 2 is 1.93 bits per heavy atom. The highest BCUT2D eigenvalue weighted by Gasteiger charge is 2.12. The van der Waals surface area contributed by atoms with E-state index >= 15 is 0 Å². The number of amides is 1. The van der Waals surface area contributed by atoms with Crippen LogP contribution in [-0.4, -0.2) is 26.0 Å². The van der Waals surface area contributed by atoms with E-state index in [1.54, 1.807) is 12.1 Å². The Kier molecular flexibility index (Phi) is 4.67. The molecule has 0 atom stereocenters. The SMILES string of the molecule is Nc1nc2ccc(CC(=O)Nc3nnc(-c4ccc([N+](=O)[O-])cc4)s3)cc2s1. The van der Waals surface area contributed by atoms with Gasteiger partial charge in [0.05, 0.1) is 21.6 Å². The van der Waals surface area contributed by atoms with Crippen LogP contribution in [0, 0.1) is 10.1 Å². The second-order valence-electron chi connectivity index (χ2n) is 5.80. The Balaban J connectivity index is 1.43. The maximum atomic E-state index is 12.3. The summed E-state index contributed by atoms with van der Waals surface area (Å²) in [5.74, 6) is -0.219. The number of aromatic nitrogens is 3. The zero-order valence-corrected chi connectivity index (χ0v) is 15.8. The number of nitrogen functional groups attached to an aromatic ring is 1. The molecule has 0 spiro atoms. The van der Waals surface area contributed by atoms with E-state index in [1.807, 2.05) is 18.2 Å².